The largest absolute Gasteiger partial charge is 0.481 e. The highest BCUT2D eigenvalue weighted by molar-refractivity contribution is 5.94. The maximum absolute atomic E-state index is 12.7. The number of aryl methyl sites for hydroxylation is 1. The highest BCUT2D eigenvalue weighted by Gasteiger charge is 2.36. The number of pyridine rings is 1. The fraction of sp³-hybridized carbons (Fsp3) is 0.471. The SMILES string of the molecule is COc1cc(C(=O)N2C[C@@H](Cc3cc(C)no3)[C@@H](OC)C2)ccn1. The van der Waals surface area contributed by atoms with Gasteiger partial charge >= 0.3 is 0 Å². The van der Waals surface area contributed by atoms with Crippen molar-refractivity contribution in [3.63, 3.8) is 0 Å². The van der Waals surface area contributed by atoms with Gasteiger partial charge in [-0.25, -0.2) is 4.98 Å². The van der Waals surface area contributed by atoms with Crippen LogP contribution in [0.15, 0.2) is 28.9 Å². The summed E-state index contributed by atoms with van der Waals surface area (Å²) < 4.78 is 16.0. The van der Waals surface area contributed by atoms with Gasteiger partial charge in [-0.05, 0) is 13.0 Å². The van der Waals surface area contributed by atoms with Crippen LogP contribution in [0.1, 0.15) is 21.8 Å². The smallest absolute Gasteiger partial charge is 0.254 e. The molecule has 7 nitrogen and oxygen atoms in total. The third-order valence-electron chi connectivity index (χ3n) is 4.30. The first-order valence-corrected chi connectivity index (χ1v) is 7.85. The van der Waals surface area contributed by atoms with Gasteiger partial charge < -0.3 is 18.9 Å². The number of carbonyl (C=O) groups is 1. The second kappa shape index (κ2) is 7.00. The zero-order valence-corrected chi connectivity index (χ0v) is 14.1. The van der Waals surface area contributed by atoms with Crippen LogP contribution >= 0.6 is 0 Å². The van der Waals surface area contributed by atoms with Crippen molar-refractivity contribution >= 4 is 5.91 Å². The fourth-order valence-corrected chi connectivity index (χ4v) is 3.08. The minimum Gasteiger partial charge on any atom is -0.481 e. The van der Waals surface area contributed by atoms with Crippen LogP contribution in [0.4, 0.5) is 0 Å². The molecule has 1 fully saturated rings. The van der Waals surface area contributed by atoms with E-state index in [1.807, 2.05) is 13.0 Å². The van der Waals surface area contributed by atoms with E-state index >= 15 is 0 Å². The first-order chi connectivity index (χ1) is 11.6. The number of likely N-dealkylation sites (tertiary alicyclic amines) is 1. The molecule has 0 N–H and O–H groups in total. The van der Waals surface area contributed by atoms with Gasteiger partial charge in [0, 0.05) is 56.4 Å². The van der Waals surface area contributed by atoms with Crippen LogP contribution in [-0.2, 0) is 11.2 Å². The average Bonchev–Trinajstić information content (AvgIpc) is 3.20. The zero-order valence-electron chi connectivity index (χ0n) is 14.1. The second-order valence-corrected chi connectivity index (χ2v) is 5.97. The Balaban J connectivity index is 1.71. The van der Waals surface area contributed by atoms with E-state index in [-0.39, 0.29) is 17.9 Å². The molecule has 3 rings (SSSR count). The molecule has 2 aromatic rings. The monoisotopic (exact) mass is 331 g/mol. The molecule has 7 heteroatoms. The lowest BCUT2D eigenvalue weighted by Crippen LogP contribution is -2.30. The minimum atomic E-state index is -0.0472. The first kappa shape index (κ1) is 16.4. The van der Waals surface area contributed by atoms with Crippen molar-refractivity contribution in [1.82, 2.24) is 15.0 Å². The van der Waals surface area contributed by atoms with E-state index in [0.29, 0.717) is 31.0 Å². The van der Waals surface area contributed by atoms with Gasteiger partial charge in [-0.2, -0.15) is 0 Å². The molecule has 3 heterocycles. The normalized spacial score (nSPS) is 20.4. The van der Waals surface area contributed by atoms with Crippen LogP contribution in [0.2, 0.25) is 0 Å². The summed E-state index contributed by atoms with van der Waals surface area (Å²) in [5.41, 5.74) is 1.42. The molecule has 128 valence electrons. The molecule has 24 heavy (non-hydrogen) atoms. The number of aromatic nitrogens is 2. The van der Waals surface area contributed by atoms with E-state index < -0.39 is 0 Å². The number of methoxy groups -OCH3 is 2. The van der Waals surface area contributed by atoms with Crippen LogP contribution in [0.25, 0.3) is 0 Å². The molecule has 1 amide bonds. The van der Waals surface area contributed by atoms with Gasteiger partial charge in [0.1, 0.15) is 5.76 Å². The number of carbonyl (C=O) groups excluding carboxylic acids is 1. The Kier molecular flexibility index (Phi) is 4.80. The lowest BCUT2D eigenvalue weighted by molar-refractivity contribution is 0.0672. The molecule has 0 aromatic carbocycles. The molecular formula is C17H21N3O4. The third-order valence-corrected chi connectivity index (χ3v) is 4.30. The number of rotatable bonds is 5. The second-order valence-electron chi connectivity index (χ2n) is 5.97. The number of hydrogen-bond donors (Lipinski definition) is 0. The molecule has 0 bridgehead atoms. The van der Waals surface area contributed by atoms with Gasteiger partial charge in [0.05, 0.1) is 18.9 Å². The quantitative estimate of drug-likeness (QED) is 0.830. The molecule has 0 unspecified atom stereocenters. The standard InChI is InChI=1S/C17H21N3O4/c1-11-6-14(24-19-11)7-13-9-20(10-15(13)22-2)17(21)12-4-5-18-16(8-12)23-3/h4-6,8,13,15H,7,9-10H2,1-3H3/t13-,15+/m1/s1. The highest BCUT2D eigenvalue weighted by atomic mass is 16.5. The Hall–Kier alpha value is -2.41. The van der Waals surface area contributed by atoms with Crippen LogP contribution in [0.3, 0.4) is 0 Å². The molecular weight excluding hydrogens is 310 g/mol. The Morgan fingerprint density at radius 3 is 2.88 bits per heavy atom. The maximum atomic E-state index is 12.7. The summed E-state index contributed by atoms with van der Waals surface area (Å²) in [5, 5.41) is 3.91. The van der Waals surface area contributed by atoms with Crippen LogP contribution in [0, 0.1) is 12.8 Å². The molecule has 0 saturated carbocycles. The van der Waals surface area contributed by atoms with E-state index in [1.165, 1.54) is 7.11 Å². The van der Waals surface area contributed by atoms with E-state index in [0.717, 1.165) is 11.5 Å². The van der Waals surface area contributed by atoms with Crippen LogP contribution in [-0.4, -0.2) is 54.4 Å². The molecule has 0 radical (unpaired) electrons. The molecule has 1 saturated heterocycles. The summed E-state index contributed by atoms with van der Waals surface area (Å²) in [7, 11) is 3.20. The average molecular weight is 331 g/mol. The van der Waals surface area contributed by atoms with Gasteiger partial charge in [0.2, 0.25) is 5.88 Å². The van der Waals surface area contributed by atoms with E-state index in [1.54, 1.807) is 30.3 Å². The summed E-state index contributed by atoms with van der Waals surface area (Å²) >= 11 is 0. The molecule has 2 aromatic heterocycles. The summed E-state index contributed by atoms with van der Waals surface area (Å²) in [6, 6.07) is 5.27. The number of hydrogen-bond acceptors (Lipinski definition) is 6. The number of ether oxygens (including phenoxy) is 2. The van der Waals surface area contributed by atoms with Crippen molar-refractivity contribution in [2.75, 3.05) is 27.3 Å². The van der Waals surface area contributed by atoms with Crippen molar-refractivity contribution in [1.29, 1.82) is 0 Å². The van der Waals surface area contributed by atoms with Crippen LogP contribution in [0.5, 0.6) is 5.88 Å². The van der Waals surface area contributed by atoms with Crippen molar-refractivity contribution in [2.45, 2.75) is 19.4 Å². The predicted octanol–water partition coefficient (Wildman–Crippen LogP) is 1.72. The highest BCUT2D eigenvalue weighted by Crippen LogP contribution is 2.25. The van der Waals surface area contributed by atoms with Crippen LogP contribution < -0.4 is 4.74 Å². The lowest BCUT2D eigenvalue weighted by Gasteiger charge is -2.16. The number of nitrogens with zero attached hydrogens (tertiary/aromatic N) is 3. The third kappa shape index (κ3) is 3.41. The van der Waals surface area contributed by atoms with Gasteiger partial charge in [-0.15, -0.1) is 0 Å². The van der Waals surface area contributed by atoms with Crippen molar-refractivity contribution in [2.24, 2.45) is 5.92 Å². The molecule has 0 aliphatic carbocycles. The van der Waals surface area contributed by atoms with Gasteiger partial charge in [0.25, 0.3) is 5.91 Å². The fourth-order valence-electron chi connectivity index (χ4n) is 3.08. The molecule has 1 aliphatic heterocycles. The summed E-state index contributed by atoms with van der Waals surface area (Å²) in [5.74, 6) is 1.38. The summed E-state index contributed by atoms with van der Waals surface area (Å²) in [4.78, 5) is 18.6. The van der Waals surface area contributed by atoms with Crippen molar-refractivity contribution in [3.8, 4) is 5.88 Å². The minimum absolute atomic E-state index is 0.0249. The van der Waals surface area contributed by atoms with Gasteiger partial charge in [-0.3, -0.25) is 4.79 Å². The Morgan fingerprint density at radius 1 is 1.38 bits per heavy atom. The Morgan fingerprint density at radius 2 is 2.21 bits per heavy atom. The molecule has 0 spiro atoms. The summed E-state index contributed by atoms with van der Waals surface area (Å²) in [6.07, 6.45) is 2.25. The van der Waals surface area contributed by atoms with E-state index in [2.05, 4.69) is 10.1 Å². The summed E-state index contributed by atoms with van der Waals surface area (Å²) in [6.45, 7) is 3.06. The van der Waals surface area contributed by atoms with Gasteiger partial charge in [0.15, 0.2) is 0 Å². The molecule has 1 aliphatic rings. The molecule has 2 atom stereocenters. The zero-order chi connectivity index (χ0) is 17.1. The maximum Gasteiger partial charge on any atom is 0.254 e. The number of amides is 1. The van der Waals surface area contributed by atoms with Gasteiger partial charge in [-0.1, -0.05) is 5.16 Å². The van der Waals surface area contributed by atoms with Crippen molar-refractivity contribution in [3.05, 3.63) is 41.4 Å². The van der Waals surface area contributed by atoms with E-state index in [9.17, 15) is 4.79 Å². The lowest BCUT2D eigenvalue weighted by atomic mass is 10.0. The first-order valence-electron chi connectivity index (χ1n) is 7.85. The predicted molar refractivity (Wildman–Crippen MR) is 85.9 cm³/mol. The van der Waals surface area contributed by atoms with E-state index in [4.69, 9.17) is 14.0 Å². The Bertz CT molecular complexity index is 715. The Labute approximate surface area is 140 Å². The topological polar surface area (TPSA) is 77.7 Å². The van der Waals surface area contributed by atoms with Crippen molar-refractivity contribution < 1.29 is 18.8 Å².